The molecule has 0 fully saturated rings. The van der Waals surface area contributed by atoms with E-state index >= 15 is 0 Å². The molecule has 102 valence electrons. The molecule has 0 N–H and O–H groups in total. The van der Waals surface area contributed by atoms with Crippen molar-refractivity contribution in [3.8, 4) is 27.9 Å². The van der Waals surface area contributed by atoms with Gasteiger partial charge in [0.15, 0.2) is 0 Å². The number of nitrogens with zero attached hydrogens (tertiary/aromatic N) is 2. The van der Waals surface area contributed by atoms with Gasteiger partial charge in [0.05, 0.1) is 27.9 Å². The van der Waals surface area contributed by atoms with Crippen LogP contribution in [-0.4, -0.2) is 4.98 Å². The van der Waals surface area contributed by atoms with Crippen molar-refractivity contribution in [3.63, 3.8) is 0 Å². The molecular formula is C16H8ClFN2S. The third-order valence-corrected chi connectivity index (χ3v) is 4.14. The minimum atomic E-state index is -0.394. The highest BCUT2D eigenvalue weighted by molar-refractivity contribution is 7.13. The second-order valence-electron chi connectivity index (χ2n) is 4.33. The van der Waals surface area contributed by atoms with Crippen LogP contribution >= 0.6 is 22.9 Å². The van der Waals surface area contributed by atoms with Crippen LogP contribution in [0.25, 0.3) is 21.8 Å². The normalized spacial score (nSPS) is 10.3. The first-order chi connectivity index (χ1) is 10.2. The molecule has 0 aliphatic carbocycles. The Morgan fingerprint density at radius 1 is 1.19 bits per heavy atom. The quantitative estimate of drug-likeness (QED) is 0.656. The number of rotatable bonds is 2. The predicted molar refractivity (Wildman–Crippen MR) is 82.7 cm³/mol. The zero-order chi connectivity index (χ0) is 14.8. The van der Waals surface area contributed by atoms with Crippen molar-refractivity contribution in [1.29, 1.82) is 5.26 Å². The standard InChI is InChI=1S/C16H8ClFN2S/c17-12-5-2-6-13(18)15(12)16-20-14(9-21-16)11-4-1-3-10(7-11)8-19/h1-7,9H. The van der Waals surface area contributed by atoms with E-state index < -0.39 is 5.82 Å². The van der Waals surface area contributed by atoms with Gasteiger partial charge in [0.2, 0.25) is 0 Å². The predicted octanol–water partition coefficient (Wildman–Crippen LogP) is 5.14. The van der Waals surface area contributed by atoms with Gasteiger partial charge in [0, 0.05) is 10.9 Å². The van der Waals surface area contributed by atoms with E-state index in [2.05, 4.69) is 11.1 Å². The van der Waals surface area contributed by atoms with Gasteiger partial charge in [-0.05, 0) is 24.3 Å². The molecule has 0 amide bonds. The lowest BCUT2D eigenvalue weighted by molar-refractivity contribution is 0.631. The van der Waals surface area contributed by atoms with Crippen LogP contribution in [0.4, 0.5) is 4.39 Å². The van der Waals surface area contributed by atoms with Gasteiger partial charge in [-0.3, -0.25) is 0 Å². The summed E-state index contributed by atoms with van der Waals surface area (Å²) in [4.78, 5) is 4.43. The first-order valence-electron chi connectivity index (χ1n) is 6.09. The Balaban J connectivity index is 2.06. The Morgan fingerprint density at radius 2 is 2.00 bits per heavy atom. The zero-order valence-corrected chi connectivity index (χ0v) is 12.2. The SMILES string of the molecule is N#Cc1cccc(-c2csc(-c3c(F)cccc3Cl)n2)c1. The molecular weight excluding hydrogens is 307 g/mol. The van der Waals surface area contributed by atoms with E-state index in [1.807, 2.05) is 11.4 Å². The fourth-order valence-electron chi connectivity index (χ4n) is 1.97. The van der Waals surface area contributed by atoms with Crippen LogP contribution in [0.2, 0.25) is 5.02 Å². The molecule has 0 radical (unpaired) electrons. The number of hydrogen-bond acceptors (Lipinski definition) is 3. The number of aromatic nitrogens is 1. The van der Waals surface area contributed by atoms with Crippen LogP contribution in [0.15, 0.2) is 47.8 Å². The highest BCUT2D eigenvalue weighted by Gasteiger charge is 2.14. The molecule has 0 spiro atoms. The summed E-state index contributed by atoms with van der Waals surface area (Å²) in [7, 11) is 0. The fraction of sp³-hybridized carbons (Fsp3) is 0. The Morgan fingerprint density at radius 3 is 2.76 bits per heavy atom. The number of benzene rings is 2. The Kier molecular flexibility index (Phi) is 3.70. The Bertz CT molecular complexity index is 831. The largest absolute Gasteiger partial charge is 0.236 e. The third-order valence-electron chi connectivity index (χ3n) is 2.97. The topological polar surface area (TPSA) is 36.7 Å². The molecule has 0 saturated heterocycles. The van der Waals surface area contributed by atoms with E-state index in [0.29, 0.717) is 26.9 Å². The lowest BCUT2D eigenvalue weighted by atomic mass is 10.1. The van der Waals surface area contributed by atoms with E-state index in [1.165, 1.54) is 17.4 Å². The van der Waals surface area contributed by atoms with E-state index in [9.17, 15) is 4.39 Å². The maximum absolute atomic E-state index is 13.9. The number of hydrogen-bond donors (Lipinski definition) is 0. The molecule has 0 atom stereocenters. The summed E-state index contributed by atoms with van der Waals surface area (Å²) < 4.78 is 13.9. The maximum Gasteiger partial charge on any atom is 0.134 e. The molecule has 3 aromatic rings. The number of nitriles is 1. The first kappa shape index (κ1) is 13.7. The second kappa shape index (κ2) is 5.65. The smallest absolute Gasteiger partial charge is 0.134 e. The van der Waals surface area contributed by atoms with Gasteiger partial charge < -0.3 is 0 Å². The fourth-order valence-corrected chi connectivity index (χ4v) is 3.17. The Hall–Kier alpha value is -2.22. The maximum atomic E-state index is 13.9. The molecule has 0 saturated carbocycles. The van der Waals surface area contributed by atoms with Crippen LogP contribution in [0.3, 0.4) is 0 Å². The summed E-state index contributed by atoms with van der Waals surface area (Å²) >= 11 is 7.37. The molecule has 21 heavy (non-hydrogen) atoms. The van der Waals surface area contributed by atoms with Crippen LogP contribution < -0.4 is 0 Å². The van der Waals surface area contributed by atoms with Gasteiger partial charge in [-0.25, -0.2) is 9.37 Å². The van der Waals surface area contributed by atoms with Gasteiger partial charge in [-0.15, -0.1) is 11.3 Å². The van der Waals surface area contributed by atoms with Crippen molar-refractivity contribution in [1.82, 2.24) is 4.98 Å². The van der Waals surface area contributed by atoms with Crippen LogP contribution in [0, 0.1) is 17.1 Å². The van der Waals surface area contributed by atoms with Gasteiger partial charge in [0.1, 0.15) is 10.8 Å². The highest BCUT2D eigenvalue weighted by atomic mass is 35.5. The zero-order valence-electron chi connectivity index (χ0n) is 10.7. The summed E-state index contributed by atoms with van der Waals surface area (Å²) in [5.74, 6) is -0.394. The minimum absolute atomic E-state index is 0.312. The monoisotopic (exact) mass is 314 g/mol. The lowest BCUT2D eigenvalue weighted by Crippen LogP contribution is -1.86. The second-order valence-corrected chi connectivity index (χ2v) is 5.59. The average Bonchev–Trinajstić information content (AvgIpc) is 2.97. The van der Waals surface area contributed by atoms with Crippen LogP contribution in [0.1, 0.15) is 5.56 Å². The molecule has 2 nitrogen and oxygen atoms in total. The molecule has 0 aliphatic heterocycles. The van der Waals surface area contributed by atoms with E-state index in [1.54, 1.807) is 30.3 Å². The van der Waals surface area contributed by atoms with E-state index in [0.717, 1.165) is 5.56 Å². The van der Waals surface area contributed by atoms with Gasteiger partial charge in [0.25, 0.3) is 0 Å². The number of halogens is 2. The first-order valence-corrected chi connectivity index (χ1v) is 7.35. The molecule has 0 bridgehead atoms. The summed E-state index contributed by atoms with van der Waals surface area (Å²) in [5, 5.41) is 11.6. The van der Waals surface area contributed by atoms with Crippen molar-refractivity contribution in [3.05, 3.63) is 64.2 Å². The van der Waals surface area contributed by atoms with Crippen molar-refractivity contribution >= 4 is 22.9 Å². The summed E-state index contributed by atoms with van der Waals surface area (Å²) in [6.07, 6.45) is 0. The van der Waals surface area contributed by atoms with Crippen LogP contribution in [-0.2, 0) is 0 Å². The molecule has 0 unspecified atom stereocenters. The van der Waals surface area contributed by atoms with Crippen molar-refractivity contribution in [2.24, 2.45) is 0 Å². The average molecular weight is 315 g/mol. The number of thiazole rings is 1. The van der Waals surface area contributed by atoms with Crippen LogP contribution in [0.5, 0.6) is 0 Å². The lowest BCUT2D eigenvalue weighted by Gasteiger charge is -2.01. The van der Waals surface area contributed by atoms with Gasteiger partial charge >= 0.3 is 0 Å². The van der Waals surface area contributed by atoms with E-state index in [-0.39, 0.29) is 0 Å². The molecule has 0 aliphatic rings. The van der Waals surface area contributed by atoms with Crippen molar-refractivity contribution in [2.75, 3.05) is 0 Å². The third kappa shape index (κ3) is 2.66. The molecule has 3 rings (SSSR count). The van der Waals surface area contributed by atoms with Crippen molar-refractivity contribution < 1.29 is 4.39 Å². The van der Waals surface area contributed by atoms with Gasteiger partial charge in [-0.2, -0.15) is 5.26 Å². The van der Waals surface area contributed by atoms with Crippen molar-refractivity contribution in [2.45, 2.75) is 0 Å². The van der Waals surface area contributed by atoms with E-state index in [4.69, 9.17) is 16.9 Å². The molecule has 2 aromatic carbocycles. The highest BCUT2D eigenvalue weighted by Crippen LogP contribution is 2.35. The summed E-state index contributed by atoms with van der Waals surface area (Å²) in [5.41, 5.74) is 2.40. The van der Waals surface area contributed by atoms with Gasteiger partial charge in [-0.1, -0.05) is 29.8 Å². The summed E-state index contributed by atoms with van der Waals surface area (Å²) in [6.45, 7) is 0. The minimum Gasteiger partial charge on any atom is -0.236 e. The molecule has 5 heteroatoms. The molecule has 1 aromatic heterocycles. The Labute approximate surface area is 130 Å². The molecule has 1 heterocycles. The summed E-state index contributed by atoms with van der Waals surface area (Å²) in [6, 6.07) is 13.8.